The number of carbonyl (C=O) groups is 1. The zero-order valence-corrected chi connectivity index (χ0v) is 7.48. The van der Waals surface area contributed by atoms with Crippen molar-refractivity contribution in [3.8, 4) is 0 Å². The van der Waals surface area contributed by atoms with Crippen LogP contribution < -0.4 is 0 Å². The van der Waals surface area contributed by atoms with Crippen LogP contribution in [0, 0.1) is 0 Å². The molecule has 0 rings (SSSR count). The van der Waals surface area contributed by atoms with Crippen LogP contribution in [0.2, 0.25) is 0 Å². The van der Waals surface area contributed by atoms with Crippen LogP contribution in [0.4, 0.5) is 0 Å². The molecule has 11 heavy (non-hydrogen) atoms. The first kappa shape index (κ1) is 10.3. The molecule has 0 unspecified atom stereocenters. The number of hydrogen-bond acceptors (Lipinski definition) is 2. The Labute approximate surface area is 73.8 Å². The number of methoxy groups -OCH3 is 1. The molecule has 0 spiro atoms. The summed E-state index contributed by atoms with van der Waals surface area (Å²) in [6.45, 7) is 5.15. The van der Waals surface area contributed by atoms with Gasteiger partial charge in [0.05, 0.1) is 0 Å². The molecular weight excluding hydrogens is 187 g/mol. The van der Waals surface area contributed by atoms with Gasteiger partial charge in [-0.05, 0) is 0 Å². The fourth-order valence-corrected chi connectivity index (χ4v) is 0.723. The molecule has 0 heterocycles. The molecule has 0 aromatic heterocycles. The van der Waals surface area contributed by atoms with Gasteiger partial charge in [0.1, 0.15) is 0 Å². The number of ether oxygens (including phenoxy) is 1. The van der Waals surface area contributed by atoms with Crippen LogP contribution >= 0.6 is 0 Å². The van der Waals surface area contributed by atoms with Crippen molar-refractivity contribution in [3.63, 3.8) is 0 Å². The fraction of sp³-hybridized carbons (Fsp3) is 0.250. The van der Waals surface area contributed by atoms with Crippen molar-refractivity contribution in [2.75, 3.05) is 7.11 Å². The van der Waals surface area contributed by atoms with Crippen LogP contribution in [0.1, 0.15) is 6.92 Å². The van der Waals surface area contributed by atoms with Gasteiger partial charge in [0.25, 0.3) is 0 Å². The van der Waals surface area contributed by atoms with Crippen LogP contribution in [-0.4, -0.2) is 17.6 Å². The normalized spacial score (nSPS) is 10.7. The number of carbonyl (C=O) groups excluding carboxylic acids is 1. The number of allylic oxidation sites excluding steroid dienone is 2. The summed E-state index contributed by atoms with van der Waals surface area (Å²) in [6.07, 6.45) is 3.06. The van der Waals surface area contributed by atoms with Gasteiger partial charge in [0, 0.05) is 0 Å². The molecule has 0 aromatic rings. The molecule has 0 saturated heterocycles. The minimum atomic E-state index is -0.409. The molecule has 0 radical (unpaired) electrons. The van der Waals surface area contributed by atoms with Gasteiger partial charge in [-0.15, -0.1) is 0 Å². The molecule has 0 aromatic carbocycles. The first-order valence-corrected chi connectivity index (χ1v) is 3.50. The number of esters is 1. The SMILES string of the molecule is C=C/C=C(/C(=O)OC)[C](C)=[Ni]. The van der Waals surface area contributed by atoms with Crippen LogP contribution in [0.3, 0.4) is 0 Å². The molecule has 0 aliphatic carbocycles. The summed E-state index contributed by atoms with van der Waals surface area (Å²) in [5.41, 5.74) is 0.405. The van der Waals surface area contributed by atoms with E-state index in [-0.39, 0.29) is 0 Å². The zero-order chi connectivity index (χ0) is 8.85. The predicted molar refractivity (Wildman–Crippen MR) is 41.0 cm³/mol. The third-order valence-corrected chi connectivity index (χ3v) is 1.31. The maximum absolute atomic E-state index is 10.9. The van der Waals surface area contributed by atoms with E-state index in [1.807, 2.05) is 0 Å². The van der Waals surface area contributed by atoms with Gasteiger partial charge in [0.15, 0.2) is 0 Å². The van der Waals surface area contributed by atoms with E-state index in [4.69, 9.17) is 0 Å². The Bertz CT molecular complexity index is 216. The molecule has 0 N–H and O–H groups in total. The summed E-state index contributed by atoms with van der Waals surface area (Å²) in [5, 5.41) is 0. The average Bonchev–Trinajstić information content (AvgIpc) is 1.98. The van der Waals surface area contributed by atoms with Crippen molar-refractivity contribution in [2.24, 2.45) is 0 Å². The second kappa shape index (κ2) is 5.03. The van der Waals surface area contributed by atoms with E-state index < -0.39 is 5.97 Å². The van der Waals surface area contributed by atoms with E-state index in [2.05, 4.69) is 26.3 Å². The van der Waals surface area contributed by atoms with E-state index in [9.17, 15) is 4.79 Å². The van der Waals surface area contributed by atoms with E-state index >= 15 is 0 Å². The molecule has 3 heteroatoms. The summed E-state index contributed by atoms with van der Waals surface area (Å²) in [5.74, 6) is -0.409. The Hall–Kier alpha value is -0.686. The average molecular weight is 197 g/mol. The molecule has 0 saturated carbocycles. The van der Waals surface area contributed by atoms with Gasteiger partial charge in [0.2, 0.25) is 0 Å². The van der Waals surface area contributed by atoms with Crippen molar-refractivity contribution < 1.29 is 24.6 Å². The quantitative estimate of drug-likeness (QED) is 0.292. The Morgan fingerprint density at radius 1 is 1.64 bits per heavy atom. The predicted octanol–water partition coefficient (Wildman–Crippen LogP) is 1.01. The van der Waals surface area contributed by atoms with Crippen LogP contribution in [0.25, 0.3) is 0 Å². The Balaban J connectivity index is 4.61. The van der Waals surface area contributed by atoms with E-state index in [0.717, 1.165) is 0 Å². The monoisotopic (exact) mass is 196 g/mol. The van der Waals surface area contributed by atoms with Gasteiger partial charge in [-0.3, -0.25) is 0 Å². The fourth-order valence-electron chi connectivity index (χ4n) is 0.540. The van der Waals surface area contributed by atoms with E-state index in [0.29, 0.717) is 10.1 Å². The first-order chi connectivity index (χ1) is 5.13. The Kier molecular flexibility index (Phi) is 4.72. The molecule has 64 valence electrons. The Morgan fingerprint density at radius 2 is 2.18 bits per heavy atom. The van der Waals surface area contributed by atoms with Gasteiger partial charge in [-0.25, -0.2) is 0 Å². The molecule has 0 bridgehead atoms. The summed E-state index contributed by atoms with van der Waals surface area (Å²) >= 11 is 4.51. The van der Waals surface area contributed by atoms with Gasteiger partial charge >= 0.3 is 73.4 Å². The zero-order valence-electron chi connectivity index (χ0n) is 6.49. The van der Waals surface area contributed by atoms with Crippen LogP contribution in [0.15, 0.2) is 24.3 Å². The van der Waals surface area contributed by atoms with E-state index in [1.165, 1.54) is 13.2 Å². The van der Waals surface area contributed by atoms with Crippen molar-refractivity contribution in [1.82, 2.24) is 0 Å². The minimum absolute atomic E-state index is 0.405. The maximum atomic E-state index is 10.9. The molecular formula is C8H10NiO2. The Morgan fingerprint density at radius 3 is 2.45 bits per heavy atom. The third kappa shape index (κ3) is 3.29. The molecule has 0 amide bonds. The van der Waals surface area contributed by atoms with Crippen LogP contribution in [0.5, 0.6) is 0 Å². The standard InChI is InChI=1S/C8H10O2.Ni/c1-4-6-7(5-2)8(9)10-3;/h4,6H,1H2,2-3H3;/b7-6+;. The summed E-state index contributed by atoms with van der Waals surface area (Å²) < 4.78 is 5.04. The summed E-state index contributed by atoms with van der Waals surface area (Å²) in [4.78, 5) is 10.9. The molecule has 0 aliphatic rings. The molecule has 2 nitrogen and oxygen atoms in total. The molecule has 0 fully saturated rings. The summed E-state index contributed by atoms with van der Waals surface area (Å²) in [7, 11) is 1.32. The van der Waals surface area contributed by atoms with Gasteiger partial charge in [-0.1, -0.05) is 0 Å². The second-order valence-electron chi connectivity index (χ2n) is 1.79. The van der Waals surface area contributed by atoms with Crippen LogP contribution in [-0.2, 0) is 24.6 Å². The van der Waals surface area contributed by atoms with E-state index in [1.54, 1.807) is 13.0 Å². The summed E-state index contributed by atoms with van der Waals surface area (Å²) in [6, 6.07) is 0. The topological polar surface area (TPSA) is 26.3 Å². The number of hydrogen-bond donors (Lipinski definition) is 0. The van der Waals surface area contributed by atoms with Crippen molar-refractivity contribution in [3.05, 3.63) is 24.3 Å². The van der Waals surface area contributed by atoms with Crippen molar-refractivity contribution in [2.45, 2.75) is 6.92 Å². The molecule has 0 aliphatic heterocycles. The number of rotatable bonds is 3. The van der Waals surface area contributed by atoms with Gasteiger partial charge in [-0.2, -0.15) is 0 Å². The third-order valence-electron chi connectivity index (χ3n) is 1.04. The van der Waals surface area contributed by atoms with Gasteiger partial charge < -0.3 is 0 Å². The van der Waals surface area contributed by atoms with Crippen molar-refractivity contribution >= 4 is 10.5 Å². The van der Waals surface area contributed by atoms with Crippen molar-refractivity contribution in [1.29, 1.82) is 0 Å². The second-order valence-corrected chi connectivity index (χ2v) is 2.54. The molecule has 0 atom stereocenters. The first-order valence-electron chi connectivity index (χ1n) is 3.00.